The molecule has 0 saturated heterocycles. The molecule has 0 nitrogen and oxygen atoms in total. The smallest absolute Gasteiger partial charge is 0.00264 e. The molecule has 0 aliphatic carbocycles. The van der Waals surface area contributed by atoms with Gasteiger partial charge in [0.15, 0.2) is 0 Å². The largest absolute Gasteiger partial charge is 0.0622 e. The van der Waals surface area contributed by atoms with Crippen LogP contribution in [-0.4, -0.2) is 0 Å². The third-order valence-corrected chi connectivity index (χ3v) is 8.92. The maximum Gasteiger partial charge on any atom is -0.00264 e. The number of hydrogen-bond acceptors (Lipinski definition) is 0. The molecule has 7 rings (SSSR count). The first-order valence-electron chi connectivity index (χ1n) is 17.7. The summed E-state index contributed by atoms with van der Waals surface area (Å²) >= 11 is 0. The van der Waals surface area contributed by atoms with Crippen molar-refractivity contribution in [2.24, 2.45) is 0 Å². The van der Waals surface area contributed by atoms with Gasteiger partial charge in [-0.3, -0.25) is 0 Å². The fourth-order valence-electron chi connectivity index (χ4n) is 6.32. The van der Waals surface area contributed by atoms with E-state index in [1.54, 1.807) is 0 Å². The van der Waals surface area contributed by atoms with Crippen LogP contribution in [0.3, 0.4) is 0 Å². The highest BCUT2D eigenvalue weighted by Crippen LogP contribution is 2.41. The highest BCUT2D eigenvalue weighted by molar-refractivity contribution is 6.01. The van der Waals surface area contributed by atoms with Crippen molar-refractivity contribution >= 4 is 60.8 Å². The summed E-state index contributed by atoms with van der Waals surface area (Å²) in [6.07, 6.45) is 22.6. The highest BCUT2D eigenvalue weighted by Gasteiger charge is 2.20. The van der Waals surface area contributed by atoms with E-state index in [9.17, 15) is 0 Å². The molecule has 0 N–H and O–H groups in total. The molecule has 0 unspecified atom stereocenters. The molecule has 1 radical (unpaired) electrons. The second-order valence-electron chi connectivity index (χ2n) is 12.5. The Balaban J connectivity index is 1.60. The molecular formula is C52H39. The van der Waals surface area contributed by atoms with E-state index in [0.717, 1.165) is 66.8 Å². The maximum absolute atomic E-state index is 3.25. The van der Waals surface area contributed by atoms with Crippen LogP contribution in [0.1, 0.15) is 55.6 Å². The lowest BCUT2D eigenvalue weighted by Gasteiger charge is -2.22. The predicted molar refractivity (Wildman–Crippen MR) is 228 cm³/mol. The van der Waals surface area contributed by atoms with E-state index < -0.39 is 0 Å². The first kappa shape index (κ1) is 33.7. The minimum atomic E-state index is 1.13. The van der Waals surface area contributed by atoms with Crippen molar-refractivity contribution in [1.29, 1.82) is 0 Å². The van der Waals surface area contributed by atoms with E-state index in [2.05, 4.69) is 231 Å². The van der Waals surface area contributed by atoms with E-state index in [1.165, 1.54) is 0 Å². The molecule has 0 aliphatic heterocycles. The van der Waals surface area contributed by atoms with Crippen LogP contribution >= 0.6 is 0 Å². The molecule has 247 valence electrons. The molecular weight excluding hydrogens is 625 g/mol. The molecule has 0 aliphatic rings. The standard InChI is InChI=1S/C52H39/c1-7-19-41(20-8-1)31-36-47-48(37-32-42-21-9-2-10-22-42)50(39-34-44-25-13-4-14-26-44)52(46-29-17-6-18-30-46)51(40-35-45-27-15-5-16-28-45)49(47)38-33-43-23-11-3-12-24-43/h1-5,7-40H. The zero-order chi connectivity index (χ0) is 35.2. The maximum atomic E-state index is 3.25. The summed E-state index contributed by atoms with van der Waals surface area (Å²) < 4.78 is 0. The molecule has 0 aromatic heterocycles. The molecule has 0 heteroatoms. The Morgan fingerprint density at radius 2 is 0.500 bits per heavy atom. The van der Waals surface area contributed by atoms with E-state index in [4.69, 9.17) is 0 Å². The fraction of sp³-hybridized carbons (Fsp3) is 0. The van der Waals surface area contributed by atoms with Crippen molar-refractivity contribution in [3.05, 3.63) is 238 Å². The average Bonchev–Trinajstić information content (AvgIpc) is 3.22. The summed E-state index contributed by atoms with van der Waals surface area (Å²) in [5, 5.41) is 0. The van der Waals surface area contributed by atoms with Gasteiger partial charge in [-0.05, 0) is 72.8 Å². The SMILES string of the molecule is [c]1ccc(-c2c(C=Cc3ccccc3)c(C=Cc3ccccc3)c(C=Cc3ccccc3)c(C=Cc3ccccc3)c2C=Cc2ccccc2)cc1. The van der Waals surface area contributed by atoms with Gasteiger partial charge in [0.2, 0.25) is 0 Å². The topological polar surface area (TPSA) is 0 Å². The van der Waals surface area contributed by atoms with Gasteiger partial charge in [0.1, 0.15) is 0 Å². The summed E-state index contributed by atoms with van der Waals surface area (Å²) in [6.45, 7) is 0. The van der Waals surface area contributed by atoms with Gasteiger partial charge >= 0.3 is 0 Å². The second kappa shape index (κ2) is 17.3. The molecule has 7 aromatic carbocycles. The average molecular weight is 664 g/mol. The lowest BCUT2D eigenvalue weighted by Crippen LogP contribution is -2.01. The minimum absolute atomic E-state index is 1.13. The Hall–Kier alpha value is -6.76. The molecule has 0 atom stereocenters. The Morgan fingerprint density at radius 3 is 0.788 bits per heavy atom. The van der Waals surface area contributed by atoms with Crippen molar-refractivity contribution in [2.45, 2.75) is 0 Å². The zero-order valence-electron chi connectivity index (χ0n) is 29.0. The Kier molecular flexibility index (Phi) is 11.2. The lowest BCUT2D eigenvalue weighted by atomic mass is 9.82. The summed E-state index contributed by atoms with van der Waals surface area (Å²) in [5.74, 6) is 0. The van der Waals surface area contributed by atoms with E-state index >= 15 is 0 Å². The molecule has 0 fully saturated rings. The first-order valence-corrected chi connectivity index (χ1v) is 17.7. The zero-order valence-corrected chi connectivity index (χ0v) is 29.0. The highest BCUT2D eigenvalue weighted by atomic mass is 14.2. The van der Waals surface area contributed by atoms with Crippen molar-refractivity contribution in [2.75, 3.05) is 0 Å². The van der Waals surface area contributed by atoms with Crippen LogP contribution in [0.25, 0.3) is 71.9 Å². The van der Waals surface area contributed by atoms with Gasteiger partial charge in [-0.15, -0.1) is 0 Å². The molecule has 0 saturated carbocycles. The van der Waals surface area contributed by atoms with Gasteiger partial charge < -0.3 is 0 Å². The Labute approximate surface area is 308 Å². The Bertz CT molecular complexity index is 2200. The van der Waals surface area contributed by atoms with Crippen LogP contribution in [0.5, 0.6) is 0 Å². The van der Waals surface area contributed by atoms with Crippen LogP contribution in [0.15, 0.2) is 176 Å². The molecule has 7 aromatic rings. The summed E-state index contributed by atoms with van der Waals surface area (Å²) in [6, 6.07) is 64.3. The van der Waals surface area contributed by atoms with Crippen LogP contribution in [0.2, 0.25) is 0 Å². The van der Waals surface area contributed by atoms with E-state index in [-0.39, 0.29) is 0 Å². The second-order valence-corrected chi connectivity index (χ2v) is 12.5. The van der Waals surface area contributed by atoms with Crippen molar-refractivity contribution < 1.29 is 0 Å². The van der Waals surface area contributed by atoms with Gasteiger partial charge in [0.25, 0.3) is 0 Å². The molecule has 0 spiro atoms. The lowest BCUT2D eigenvalue weighted by molar-refractivity contribution is 1.49. The number of rotatable bonds is 11. The minimum Gasteiger partial charge on any atom is -0.0622 e. The summed E-state index contributed by atoms with van der Waals surface area (Å²) in [5.41, 5.74) is 13.7. The van der Waals surface area contributed by atoms with Crippen LogP contribution < -0.4 is 0 Å². The van der Waals surface area contributed by atoms with Gasteiger partial charge in [-0.1, -0.05) is 237 Å². The van der Waals surface area contributed by atoms with Gasteiger partial charge in [0.05, 0.1) is 0 Å². The van der Waals surface area contributed by atoms with Crippen molar-refractivity contribution in [3.8, 4) is 11.1 Å². The summed E-state index contributed by atoms with van der Waals surface area (Å²) in [4.78, 5) is 0. The van der Waals surface area contributed by atoms with Crippen molar-refractivity contribution in [3.63, 3.8) is 0 Å². The monoisotopic (exact) mass is 663 g/mol. The predicted octanol–water partition coefficient (Wildman–Crippen LogP) is 14.0. The van der Waals surface area contributed by atoms with Crippen LogP contribution in [-0.2, 0) is 0 Å². The normalized spacial score (nSPS) is 11.8. The molecule has 52 heavy (non-hydrogen) atoms. The van der Waals surface area contributed by atoms with Crippen LogP contribution in [0.4, 0.5) is 0 Å². The first-order chi connectivity index (χ1) is 25.8. The van der Waals surface area contributed by atoms with E-state index in [1.807, 2.05) is 12.1 Å². The quantitative estimate of drug-likeness (QED) is 0.121. The fourth-order valence-corrected chi connectivity index (χ4v) is 6.32. The number of hydrogen-bond donors (Lipinski definition) is 0. The molecule has 0 heterocycles. The third-order valence-electron chi connectivity index (χ3n) is 8.92. The Morgan fingerprint density at radius 1 is 0.250 bits per heavy atom. The molecule has 0 bridgehead atoms. The number of benzene rings is 7. The molecule has 0 amide bonds. The van der Waals surface area contributed by atoms with Gasteiger partial charge in [-0.25, -0.2) is 0 Å². The van der Waals surface area contributed by atoms with Gasteiger partial charge in [-0.2, -0.15) is 0 Å². The third kappa shape index (κ3) is 8.69. The van der Waals surface area contributed by atoms with Gasteiger partial charge in [0, 0.05) is 0 Å². The van der Waals surface area contributed by atoms with Crippen LogP contribution in [0, 0.1) is 6.07 Å². The van der Waals surface area contributed by atoms with E-state index in [0.29, 0.717) is 0 Å². The van der Waals surface area contributed by atoms with Crippen molar-refractivity contribution in [1.82, 2.24) is 0 Å². The summed E-state index contributed by atoms with van der Waals surface area (Å²) in [7, 11) is 0.